The first-order chi connectivity index (χ1) is 5.62. The lowest BCUT2D eigenvalue weighted by Gasteiger charge is -2.36. The van der Waals surface area contributed by atoms with E-state index in [0.29, 0.717) is 6.73 Å². The van der Waals surface area contributed by atoms with Crippen LogP contribution in [0.2, 0.25) is 0 Å². The van der Waals surface area contributed by atoms with Crippen molar-refractivity contribution in [3.8, 4) is 0 Å². The molecule has 0 aromatic rings. The fourth-order valence-corrected chi connectivity index (χ4v) is 1.62. The van der Waals surface area contributed by atoms with E-state index < -0.39 is 6.09 Å². The Labute approximate surface area is 72.9 Å². The van der Waals surface area contributed by atoms with Gasteiger partial charge in [-0.1, -0.05) is 0 Å². The van der Waals surface area contributed by atoms with Crippen LogP contribution in [-0.2, 0) is 4.74 Å². The quantitative estimate of drug-likeness (QED) is 0.583. The van der Waals surface area contributed by atoms with E-state index in [-0.39, 0.29) is 0 Å². The fraction of sp³-hybridized carbons (Fsp3) is 0.875. The van der Waals surface area contributed by atoms with E-state index >= 15 is 0 Å². The highest BCUT2D eigenvalue weighted by atomic mass is 16.6. The molecule has 1 radical (unpaired) electrons. The molecular weight excluding hydrogens is 156 g/mol. The Morgan fingerprint density at radius 1 is 1.42 bits per heavy atom. The summed E-state index contributed by atoms with van der Waals surface area (Å²) in [6, 6.07) is 0. The number of nitrogens with one attached hydrogen (secondary N) is 1. The summed E-state index contributed by atoms with van der Waals surface area (Å²) in [5.41, 5.74) is 6.61. The fourth-order valence-electron chi connectivity index (χ4n) is 1.62. The molecule has 1 fully saturated rings. The Bertz CT molecular complexity index is 164. The number of amides is 1. The first kappa shape index (κ1) is 9.32. The molecule has 1 heterocycles. The van der Waals surface area contributed by atoms with Gasteiger partial charge in [0, 0.05) is 0 Å². The van der Waals surface area contributed by atoms with Crippen molar-refractivity contribution in [2.75, 3.05) is 26.9 Å². The molecule has 1 aliphatic heterocycles. The van der Waals surface area contributed by atoms with Crippen LogP contribution in [-0.4, -0.2) is 37.4 Å². The number of quaternary nitrogens is 1. The second kappa shape index (κ2) is 3.76. The number of rotatable bonds is 2. The van der Waals surface area contributed by atoms with Crippen LogP contribution in [0.4, 0.5) is 4.79 Å². The third-order valence-corrected chi connectivity index (χ3v) is 2.40. The van der Waals surface area contributed by atoms with Gasteiger partial charge in [-0.15, -0.1) is 0 Å². The number of hydrogen-bond acceptors (Lipinski definition) is 2. The van der Waals surface area contributed by atoms with Crippen molar-refractivity contribution in [1.29, 1.82) is 0 Å². The standard InChI is InChI=1S/C8H16N2O2/c1-10(7-12-8(9)11)5-3-2-4-6-10/h9H,2-7H2,1H3/q+1. The SMILES string of the molecule is C[N+]1(COC([NH])=O)CCCCC1. The van der Waals surface area contributed by atoms with Gasteiger partial charge in [0.2, 0.25) is 6.73 Å². The molecule has 1 rings (SSSR count). The van der Waals surface area contributed by atoms with E-state index in [1.807, 2.05) is 0 Å². The molecule has 1 aliphatic rings. The zero-order chi connectivity index (χ0) is 9.03. The first-order valence-corrected chi connectivity index (χ1v) is 4.34. The minimum Gasteiger partial charge on any atom is -0.398 e. The number of nitrogens with zero attached hydrogens (tertiary/aromatic N) is 1. The summed E-state index contributed by atoms with van der Waals surface area (Å²) in [5.74, 6) is 0. The van der Waals surface area contributed by atoms with Crippen LogP contribution in [0.1, 0.15) is 19.3 Å². The highest BCUT2D eigenvalue weighted by Crippen LogP contribution is 2.15. The molecule has 0 aromatic carbocycles. The molecule has 0 atom stereocenters. The van der Waals surface area contributed by atoms with Gasteiger partial charge in [0.25, 0.3) is 0 Å². The number of carbonyl (C=O) groups excluding carboxylic acids is 1. The normalized spacial score (nSPS) is 21.8. The zero-order valence-electron chi connectivity index (χ0n) is 7.51. The maximum absolute atomic E-state index is 10.3. The lowest BCUT2D eigenvalue weighted by molar-refractivity contribution is -0.929. The van der Waals surface area contributed by atoms with Gasteiger partial charge in [0.15, 0.2) is 0 Å². The largest absolute Gasteiger partial charge is 0.430 e. The van der Waals surface area contributed by atoms with Gasteiger partial charge in [0.1, 0.15) is 0 Å². The topological polar surface area (TPSA) is 50.1 Å². The average Bonchev–Trinajstić information content (AvgIpc) is 2.03. The third-order valence-electron chi connectivity index (χ3n) is 2.40. The predicted molar refractivity (Wildman–Crippen MR) is 44.2 cm³/mol. The Kier molecular flexibility index (Phi) is 2.92. The summed E-state index contributed by atoms with van der Waals surface area (Å²) in [6.45, 7) is 2.49. The van der Waals surface area contributed by atoms with Crippen molar-refractivity contribution in [2.24, 2.45) is 0 Å². The van der Waals surface area contributed by atoms with Crippen molar-refractivity contribution in [3.63, 3.8) is 0 Å². The van der Waals surface area contributed by atoms with E-state index in [2.05, 4.69) is 11.8 Å². The molecule has 12 heavy (non-hydrogen) atoms. The molecule has 1 amide bonds. The van der Waals surface area contributed by atoms with Gasteiger partial charge in [-0.3, -0.25) is 4.48 Å². The Hall–Kier alpha value is -0.770. The van der Waals surface area contributed by atoms with Gasteiger partial charge in [-0.05, 0) is 19.3 Å². The van der Waals surface area contributed by atoms with Crippen LogP contribution in [0.3, 0.4) is 0 Å². The third kappa shape index (κ3) is 2.70. The van der Waals surface area contributed by atoms with E-state index in [9.17, 15) is 4.79 Å². The second-order valence-corrected chi connectivity index (χ2v) is 3.69. The minimum atomic E-state index is -0.917. The van der Waals surface area contributed by atoms with Crippen molar-refractivity contribution in [1.82, 2.24) is 5.73 Å². The molecule has 0 bridgehead atoms. The minimum absolute atomic E-state index is 0.363. The summed E-state index contributed by atoms with van der Waals surface area (Å²) in [4.78, 5) is 10.3. The van der Waals surface area contributed by atoms with Gasteiger partial charge < -0.3 is 4.74 Å². The molecule has 1 N–H and O–H groups in total. The van der Waals surface area contributed by atoms with Crippen molar-refractivity contribution >= 4 is 6.09 Å². The number of piperidine rings is 1. The van der Waals surface area contributed by atoms with E-state index in [0.717, 1.165) is 17.6 Å². The van der Waals surface area contributed by atoms with Crippen molar-refractivity contribution in [3.05, 3.63) is 0 Å². The van der Waals surface area contributed by atoms with Crippen LogP contribution >= 0.6 is 0 Å². The number of likely N-dealkylation sites (tertiary alicyclic amines) is 1. The number of ether oxygens (including phenoxy) is 1. The molecule has 0 saturated carbocycles. The van der Waals surface area contributed by atoms with Crippen molar-refractivity contribution in [2.45, 2.75) is 19.3 Å². The molecule has 0 aromatic heterocycles. The zero-order valence-corrected chi connectivity index (χ0v) is 7.51. The van der Waals surface area contributed by atoms with Crippen LogP contribution in [0.15, 0.2) is 0 Å². The molecule has 69 valence electrons. The summed E-state index contributed by atoms with van der Waals surface area (Å²) < 4.78 is 5.47. The van der Waals surface area contributed by atoms with E-state index in [1.54, 1.807) is 0 Å². The van der Waals surface area contributed by atoms with Gasteiger partial charge >= 0.3 is 6.09 Å². The van der Waals surface area contributed by atoms with Crippen molar-refractivity contribution < 1.29 is 14.0 Å². The average molecular weight is 172 g/mol. The maximum Gasteiger partial charge on any atom is 0.430 e. The smallest absolute Gasteiger partial charge is 0.398 e. The monoisotopic (exact) mass is 172 g/mol. The number of hydrogen-bond donors (Lipinski definition) is 0. The molecular formula is C8H16N2O2+. The molecule has 4 nitrogen and oxygen atoms in total. The molecule has 4 heteroatoms. The highest BCUT2D eigenvalue weighted by molar-refractivity contribution is 5.63. The van der Waals surface area contributed by atoms with Gasteiger partial charge in [-0.2, -0.15) is 0 Å². The van der Waals surface area contributed by atoms with Gasteiger partial charge in [-0.25, -0.2) is 10.5 Å². The predicted octanol–water partition coefficient (Wildman–Crippen LogP) is 0.994. The molecule has 0 unspecified atom stereocenters. The molecule has 0 spiro atoms. The van der Waals surface area contributed by atoms with Crippen LogP contribution in [0.5, 0.6) is 0 Å². The van der Waals surface area contributed by atoms with Crippen LogP contribution in [0, 0.1) is 0 Å². The summed E-state index contributed by atoms with van der Waals surface area (Å²) in [6.07, 6.45) is 2.76. The number of carbonyl (C=O) groups is 1. The molecule has 0 aliphatic carbocycles. The Balaban J connectivity index is 2.31. The van der Waals surface area contributed by atoms with Crippen LogP contribution in [0.25, 0.3) is 0 Å². The highest BCUT2D eigenvalue weighted by Gasteiger charge is 2.25. The first-order valence-electron chi connectivity index (χ1n) is 4.34. The second-order valence-electron chi connectivity index (χ2n) is 3.69. The molecule has 1 saturated heterocycles. The van der Waals surface area contributed by atoms with E-state index in [4.69, 9.17) is 5.73 Å². The summed E-state index contributed by atoms with van der Waals surface area (Å²) in [7, 11) is 2.07. The van der Waals surface area contributed by atoms with Gasteiger partial charge in [0.05, 0.1) is 20.1 Å². The summed E-state index contributed by atoms with van der Waals surface area (Å²) >= 11 is 0. The Morgan fingerprint density at radius 3 is 2.50 bits per heavy atom. The lowest BCUT2D eigenvalue weighted by Crippen LogP contribution is -2.49. The van der Waals surface area contributed by atoms with E-state index in [1.165, 1.54) is 19.3 Å². The summed E-state index contributed by atoms with van der Waals surface area (Å²) in [5, 5.41) is 0. The maximum atomic E-state index is 10.3. The van der Waals surface area contributed by atoms with Crippen LogP contribution < -0.4 is 5.73 Å². The Morgan fingerprint density at radius 2 is 2.00 bits per heavy atom. The lowest BCUT2D eigenvalue weighted by atomic mass is 10.1.